The van der Waals surface area contributed by atoms with E-state index in [1.54, 1.807) is 31.2 Å². The lowest BCUT2D eigenvalue weighted by molar-refractivity contribution is -0.145. The molecule has 5 heteroatoms. The minimum absolute atomic E-state index is 0.0255. The van der Waals surface area contributed by atoms with Crippen molar-refractivity contribution in [2.75, 3.05) is 0 Å². The first-order valence-corrected chi connectivity index (χ1v) is 7.03. The molecule has 0 radical (unpaired) electrons. The molecule has 1 aromatic rings. The number of aliphatic carboxylic acids is 1. The van der Waals surface area contributed by atoms with E-state index < -0.39 is 18.0 Å². The first-order chi connectivity index (χ1) is 9.47. The number of Topliss-reactive ketones (excluding diaryl/α,β-unsaturated/α-hetero) is 1. The van der Waals surface area contributed by atoms with Crippen LogP contribution in [0.15, 0.2) is 24.3 Å². The fourth-order valence-electron chi connectivity index (χ4n) is 2.46. The summed E-state index contributed by atoms with van der Waals surface area (Å²) in [7, 11) is 0. The summed E-state index contributed by atoms with van der Waals surface area (Å²) >= 11 is 5.79. The van der Waals surface area contributed by atoms with Crippen molar-refractivity contribution in [2.45, 2.75) is 32.3 Å². The Balaban J connectivity index is 2.03. The average molecular weight is 297 g/mol. The van der Waals surface area contributed by atoms with E-state index in [9.17, 15) is 9.59 Å². The molecule has 0 amide bonds. The number of halogens is 1. The predicted molar refractivity (Wildman–Crippen MR) is 75.0 cm³/mol. The Morgan fingerprint density at radius 1 is 1.40 bits per heavy atom. The number of carboxylic acids is 1. The smallest absolute Gasteiger partial charge is 0.306 e. The SMILES string of the molecule is CC(C(=O)O)C1CCC(=O)C(Oc2ccc(Cl)cc2)C1. The highest BCUT2D eigenvalue weighted by Gasteiger charge is 2.35. The summed E-state index contributed by atoms with van der Waals surface area (Å²) in [6.07, 6.45) is 0.888. The van der Waals surface area contributed by atoms with Crippen LogP contribution in [0.1, 0.15) is 26.2 Å². The highest BCUT2D eigenvalue weighted by molar-refractivity contribution is 6.30. The summed E-state index contributed by atoms with van der Waals surface area (Å²) in [6, 6.07) is 6.81. The minimum Gasteiger partial charge on any atom is -0.483 e. The lowest BCUT2D eigenvalue weighted by Gasteiger charge is -2.30. The van der Waals surface area contributed by atoms with Gasteiger partial charge in [-0.25, -0.2) is 0 Å². The number of carbonyl (C=O) groups excluding carboxylic acids is 1. The van der Waals surface area contributed by atoms with E-state index in [-0.39, 0.29) is 11.7 Å². The van der Waals surface area contributed by atoms with Crippen molar-refractivity contribution < 1.29 is 19.4 Å². The molecule has 1 aromatic carbocycles. The maximum atomic E-state index is 11.9. The number of carboxylic acid groups (broad SMARTS) is 1. The van der Waals surface area contributed by atoms with Gasteiger partial charge in [-0.3, -0.25) is 9.59 Å². The molecule has 0 saturated heterocycles. The Bertz CT molecular complexity index is 497. The Kier molecular flexibility index (Phi) is 4.65. The van der Waals surface area contributed by atoms with Gasteiger partial charge < -0.3 is 9.84 Å². The Morgan fingerprint density at radius 3 is 2.65 bits per heavy atom. The van der Waals surface area contributed by atoms with Crippen LogP contribution in [0.2, 0.25) is 5.02 Å². The summed E-state index contributed by atoms with van der Waals surface area (Å²) in [5.74, 6) is -0.693. The number of ether oxygens (including phenoxy) is 1. The van der Waals surface area contributed by atoms with Crippen LogP contribution in [0.3, 0.4) is 0 Å². The zero-order valence-corrected chi connectivity index (χ0v) is 12.0. The summed E-state index contributed by atoms with van der Waals surface area (Å²) < 4.78 is 5.68. The average Bonchev–Trinajstić information content (AvgIpc) is 2.43. The quantitative estimate of drug-likeness (QED) is 0.927. The van der Waals surface area contributed by atoms with Gasteiger partial charge in [0.05, 0.1) is 5.92 Å². The third kappa shape index (κ3) is 3.51. The number of benzene rings is 1. The van der Waals surface area contributed by atoms with E-state index in [0.717, 1.165) is 0 Å². The van der Waals surface area contributed by atoms with Gasteiger partial charge in [0.25, 0.3) is 0 Å². The zero-order chi connectivity index (χ0) is 14.7. The van der Waals surface area contributed by atoms with Crippen LogP contribution in [0, 0.1) is 11.8 Å². The highest BCUT2D eigenvalue weighted by atomic mass is 35.5. The van der Waals surface area contributed by atoms with Crippen molar-refractivity contribution in [3.63, 3.8) is 0 Å². The fraction of sp³-hybridized carbons (Fsp3) is 0.467. The topological polar surface area (TPSA) is 63.6 Å². The third-order valence-corrected chi connectivity index (χ3v) is 4.08. The zero-order valence-electron chi connectivity index (χ0n) is 11.2. The lowest BCUT2D eigenvalue weighted by atomic mass is 9.79. The number of hydrogen-bond acceptors (Lipinski definition) is 3. The molecular weight excluding hydrogens is 280 g/mol. The van der Waals surface area contributed by atoms with Crippen molar-refractivity contribution in [1.29, 1.82) is 0 Å². The molecule has 0 aliphatic heterocycles. The van der Waals surface area contributed by atoms with Crippen LogP contribution < -0.4 is 4.74 Å². The molecule has 108 valence electrons. The summed E-state index contributed by atoms with van der Waals surface area (Å²) in [4.78, 5) is 22.9. The number of hydrogen-bond donors (Lipinski definition) is 1. The van der Waals surface area contributed by atoms with Crippen molar-refractivity contribution in [3.05, 3.63) is 29.3 Å². The van der Waals surface area contributed by atoms with Gasteiger partial charge in [-0.2, -0.15) is 0 Å². The first kappa shape index (κ1) is 14.9. The number of rotatable bonds is 4. The van der Waals surface area contributed by atoms with E-state index in [4.69, 9.17) is 21.4 Å². The van der Waals surface area contributed by atoms with Gasteiger partial charge in [0.2, 0.25) is 0 Å². The molecule has 3 atom stereocenters. The van der Waals surface area contributed by atoms with Crippen molar-refractivity contribution >= 4 is 23.4 Å². The van der Waals surface area contributed by atoms with Crippen LogP contribution in [-0.2, 0) is 9.59 Å². The summed E-state index contributed by atoms with van der Waals surface area (Å²) in [5, 5.41) is 9.67. The second-order valence-electron chi connectivity index (χ2n) is 5.19. The standard InChI is InChI=1S/C15H17ClO4/c1-9(15(18)19)10-2-7-13(17)14(8-10)20-12-5-3-11(16)4-6-12/h3-6,9-10,14H,2,7-8H2,1H3,(H,18,19). The normalized spacial score (nSPS) is 24.2. The molecule has 0 heterocycles. The van der Waals surface area contributed by atoms with E-state index >= 15 is 0 Å². The van der Waals surface area contributed by atoms with Gasteiger partial charge >= 0.3 is 5.97 Å². The molecule has 0 bridgehead atoms. The van der Waals surface area contributed by atoms with Gasteiger partial charge in [-0.1, -0.05) is 18.5 Å². The Labute approximate surface area is 122 Å². The molecule has 4 nitrogen and oxygen atoms in total. The molecule has 1 aliphatic rings. The Morgan fingerprint density at radius 2 is 2.05 bits per heavy atom. The molecule has 3 unspecified atom stereocenters. The largest absolute Gasteiger partial charge is 0.483 e. The third-order valence-electron chi connectivity index (χ3n) is 3.83. The van der Waals surface area contributed by atoms with Gasteiger partial charge in [0.15, 0.2) is 11.9 Å². The molecule has 1 fully saturated rings. The van der Waals surface area contributed by atoms with Crippen LogP contribution in [0.5, 0.6) is 5.75 Å². The molecule has 1 saturated carbocycles. The van der Waals surface area contributed by atoms with Gasteiger partial charge in [0.1, 0.15) is 5.75 Å². The van der Waals surface area contributed by atoms with Crippen molar-refractivity contribution in [3.8, 4) is 5.75 Å². The number of ketones is 1. The van der Waals surface area contributed by atoms with E-state index in [1.165, 1.54) is 0 Å². The maximum Gasteiger partial charge on any atom is 0.306 e. The van der Waals surface area contributed by atoms with Crippen molar-refractivity contribution in [1.82, 2.24) is 0 Å². The van der Waals surface area contributed by atoms with Gasteiger partial charge in [-0.05, 0) is 43.0 Å². The molecule has 1 aliphatic carbocycles. The van der Waals surface area contributed by atoms with Crippen molar-refractivity contribution in [2.24, 2.45) is 11.8 Å². The van der Waals surface area contributed by atoms with Gasteiger partial charge in [-0.15, -0.1) is 0 Å². The molecule has 0 aromatic heterocycles. The van der Waals surface area contributed by atoms with Crippen LogP contribution in [0.4, 0.5) is 0 Å². The minimum atomic E-state index is -0.824. The van der Waals surface area contributed by atoms with Gasteiger partial charge in [0, 0.05) is 11.4 Å². The second-order valence-corrected chi connectivity index (χ2v) is 5.62. The Hall–Kier alpha value is -1.55. The van der Waals surface area contributed by atoms with E-state index in [2.05, 4.69) is 0 Å². The van der Waals surface area contributed by atoms with Crippen LogP contribution in [0.25, 0.3) is 0 Å². The highest BCUT2D eigenvalue weighted by Crippen LogP contribution is 2.31. The molecular formula is C15H17ClO4. The van der Waals surface area contributed by atoms with E-state index in [1.807, 2.05) is 0 Å². The summed E-state index contributed by atoms with van der Waals surface area (Å²) in [6.45, 7) is 1.68. The predicted octanol–water partition coefficient (Wildman–Crippen LogP) is 3.18. The first-order valence-electron chi connectivity index (χ1n) is 6.65. The molecule has 0 spiro atoms. The van der Waals surface area contributed by atoms with Crippen LogP contribution >= 0.6 is 11.6 Å². The van der Waals surface area contributed by atoms with Crippen LogP contribution in [-0.4, -0.2) is 23.0 Å². The maximum absolute atomic E-state index is 11.9. The molecule has 2 rings (SSSR count). The summed E-state index contributed by atoms with van der Waals surface area (Å²) in [5.41, 5.74) is 0. The molecule has 20 heavy (non-hydrogen) atoms. The fourth-order valence-corrected chi connectivity index (χ4v) is 2.59. The second kappa shape index (κ2) is 6.27. The monoisotopic (exact) mass is 296 g/mol. The number of carbonyl (C=O) groups is 2. The van der Waals surface area contributed by atoms with E-state index in [0.29, 0.717) is 30.0 Å². The molecule has 1 N–H and O–H groups in total. The lowest BCUT2D eigenvalue weighted by Crippen LogP contribution is -2.38.